The lowest BCUT2D eigenvalue weighted by Gasteiger charge is -2.17. The summed E-state index contributed by atoms with van der Waals surface area (Å²) >= 11 is 1.74. The molecule has 0 spiro atoms. The van der Waals surface area contributed by atoms with Crippen molar-refractivity contribution in [2.45, 2.75) is 19.3 Å². The van der Waals surface area contributed by atoms with E-state index in [0.717, 1.165) is 25.3 Å². The van der Waals surface area contributed by atoms with Gasteiger partial charge in [0.25, 0.3) is 0 Å². The fourth-order valence-electron chi connectivity index (χ4n) is 1.68. The Kier molecular flexibility index (Phi) is 2.64. The summed E-state index contributed by atoms with van der Waals surface area (Å²) in [5.41, 5.74) is 0. The maximum atomic E-state index is 7.89. The molecule has 0 saturated carbocycles. The minimum Gasteiger partial charge on any atom is -0.360 e. The van der Waals surface area contributed by atoms with E-state index in [1.807, 2.05) is 0 Å². The van der Waals surface area contributed by atoms with Crippen molar-refractivity contribution in [1.82, 2.24) is 4.90 Å². The van der Waals surface area contributed by atoms with E-state index < -0.39 is 0 Å². The monoisotopic (exact) mass is 194 g/mol. The predicted molar refractivity (Wildman–Crippen MR) is 56.6 cm³/mol. The molecule has 0 aromatic carbocycles. The summed E-state index contributed by atoms with van der Waals surface area (Å²) in [5, 5.41) is 9.97. The predicted octanol–water partition coefficient (Wildman–Crippen LogP) is 2.36. The fraction of sp³-hybridized carbons (Fsp3) is 0.500. The van der Waals surface area contributed by atoms with Crippen LogP contribution in [0.1, 0.15) is 17.7 Å². The van der Waals surface area contributed by atoms with E-state index in [9.17, 15) is 0 Å². The second-order valence-electron chi connectivity index (χ2n) is 3.40. The molecule has 0 amide bonds. The van der Waals surface area contributed by atoms with Crippen LogP contribution in [0.2, 0.25) is 0 Å². The summed E-state index contributed by atoms with van der Waals surface area (Å²) in [6.45, 7) is 2.18. The molecule has 0 radical (unpaired) electrons. The molecule has 1 aromatic heterocycles. The molecule has 0 atom stereocenters. The lowest BCUT2D eigenvalue weighted by atomic mass is 10.3. The molecular formula is C10H14N2S. The van der Waals surface area contributed by atoms with Gasteiger partial charge in [-0.3, -0.25) is 5.41 Å². The Labute approximate surface area is 82.7 Å². The molecule has 13 heavy (non-hydrogen) atoms. The SMILES string of the molecule is N=C(Cc1cccs1)N1CCCC1. The van der Waals surface area contributed by atoms with Crippen LogP contribution in [0, 0.1) is 5.41 Å². The first-order chi connectivity index (χ1) is 6.36. The molecule has 0 unspecified atom stereocenters. The standard InChI is InChI=1S/C10H14N2S/c11-10(12-5-1-2-6-12)8-9-4-3-7-13-9/h3-4,7,11H,1-2,5-6,8H2. The van der Waals surface area contributed by atoms with Gasteiger partial charge >= 0.3 is 0 Å². The Balaban J connectivity index is 1.91. The number of nitrogens with one attached hydrogen (secondary N) is 1. The quantitative estimate of drug-likeness (QED) is 0.568. The summed E-state index contributed by atoms with van der Waals surface area (Å²) in [5.74, 6) is 0.792. The summed E-state index contributed by atoms with van der Waals surface area (Å²) in [6.07, 6.45) is 3.33. The molecule has 1 N–H and O–H groups in total. The van der Waals surface area contributed by atoms with Crippen LogP contribution in [0.5, 0.6) is 0 Å². The van der Waals surface area contributed by atoms with Gasteiger partial charge in [-0.05, 0) is 24.3 Å². The maximum Gasteiger partial charge on any atom is 0.101 e. The van der Waals surface area contributed by atoms with Crippen LogP contribution in [-0.4, -0.2) is 23.8 Å². The van der Waals surface area contributed by atoms with Crippen molar-refractivity contribution in [3.8, 4) is 0 Å². The number of likely N-dealkylation sites (tertiary alicyclic amines) is 1. The highest BCUT2D eigenvalue weighted by Crippen LogP contribution is 2.14. The first kappa shape index (κ1) is 8.75. The number of hydrogen-bond acceptors (Lipinski definition) is 2. The molecule has 2 nitrogen and oxygen atoms in total. The molecule has 2 heterocycles. The number of nitrogens with zero attached hydrogens (tertiary/aromatic N) is 1. The van der Waals surface area contributed by atoms with Crippen LogP contribution in [0.3, 0.4) is 0 Å². The Morgan fingerprint density at radius 1 is 1.46 bits per heavy atom. The third-order valence-corrected chi connectivity index (χ3v) is 3.29. The summed E-state index contributed by atoms with van der Waals surface area (Å²) in [7, 11) is 0. The molecule has 70 valence electrons. The van der Waals surface area contributed by atoms with E-state index in [1.54, 1.807) is 11.3 Å². The van der Waals surface area contributed by atoms with Gasteiger partial charge in [-0.2, -0.15) is 0 Å². The normalized spacial score (nSPS) is 16.5. The van der Waals surface area contributed by atoms with E-state index in [0.29, 0.717) is 0 Å². The third-order valence-electron chi connectivity index (χ3n) is 2.41. The van der Waals surface area contributed by atoms with Crippen LogP contribution in [0.15, 0.2) is 17.5 Å². The average Bonchev–Trinajstić information content (AvgIpc) is 2.74. The van der Waals surface area contributed by atoms with Crippen molar-refractivity contribution < 1.29 is 0 Å². The van der Waals surface area contributed by atoms with Gasteiger partial charge in [-0.25, -0.2) is 0 Å². The maximum absolute atomic E-state index is 7.89. The van der Waals surface area contributed by atoms with Crippen molar-refractivity contribution in [1.29, 1.82) is 5.41 Å². The zero-order valence-electron chi connectivity index (χ0n) is 7.62. The van der Waals surface area contributed by atoms with Gasteiger partial charge in [0.1, 0.15) is 5.84 Å². The van der Waals surface area contributed by atoms with E-state index in [4.69, 9.17) is 5.41 Å². The first-order valence-corrected chi connectivity index (χ1v) is 5.59. The molecule has 1 fully saturated rings. The van der Waals surface area contributed by atoms with Crippen molar-refractivity contribution in [3.63, 3.8) is 0 Å². The lowest BCUT2D eigenvalue weighted by molar-refractivity contribution is 0.507. The minimum atomic E-state index is 0.792. The molecule has 1 aliphatic heterocycles. The first-order valence-electron chi connectivity index (χ1n) is 4.71. The molecule has 3 heteroatoms. The molecule has 0 bridgehead atoms. The molecule has 0 aliphatic carbocycles. The number of thiophene rings is 1. The van der Waals surface area contributed by atoms with Crippen molar-refractivity contribution in [3.05, 3.63) is 22.4 Å². The lowest BCUT2D eigenvalue weighted by Crippen LogP contribution is -2.28. The largest absolute Gasteiger partial charge is 0.360 e. The highest BCUT2D eigenvalue weighted by atomic mass is 32.1. The van der Waals surface area contributed by atoms with Gasteiger partial charge in [-0.1, -0.05) is 6.07 Å². The van der Waals surface area contributed by atoms with Crippen molar-refractivity contribution in [2.24, 2.45) is 0 Å². The molecular weight excluding hydrogens is 180 g/mol. The zero-order valence-corrected chi connectivity index (χ0v) is 8.44. The Morgan fingerprint density at radius 3 is 2.85 bits per heavy atom. The highest BCUT2D eigenvalue weighted by Gasteiger charge is 2.14. The Bertz CT molecular complexity index is 273. The average molecular weight is 194 g/mol. The smallest absolute Gasteiger partial charge is 0.101 e. The highest BCUT2D eigenvalue weighted by molar-refractivity contribution is 7.10. The third kappa shape index (κ3) is 2.10. The van der Waals surface area contributed by atoms with Gasteiger partial charge in [0.05, 0.1) is 0 Å². The topological polar surface area (TPSA) is 27.1 Å². The van der Waals surface area contributed by atoms with Crippen molar-refractivity contribution >= 4 is 17.2 Å². The van der Waals surface area contributed by atoms with E-state index in [-0.39, 0.29) is 0 Å². The van der Waals surface area contributed by atoms with Gasteiger partial charge < -0.3 is 4.90 Å². The summed E-state index contributed by atoms with van der Waals surface area (Å²) in [6, 6.07) is 4.16. The van der Waals surface area contributed by atoms with Crippen LogP contribution in [0.25, 0.3) is 0 Å². The van der Waals surface area contributed by atoms with Crippen molar-refractivity contribution in [2.75, 3.05) is 13.1 Å². The number of amidine groups is 1. The molecule has 1 aromatic rings. The summed E-state index contributed by atoms with van der Waals surface area (Å²) in [4.78, 5) is 3.50. The summed E-state index contributed by atoms with van der Waals surface area (Å²) < 4.78 is 0. The van der Waals surface area contributed by atoms with Gasteiger partial charge in [0, 0.05) is 24.4 Å². The van der Waals surface area contributed by atoms with Crippen LogP contribution in [-0.2, 0) is 6.42 Å². The number of hydrogen-bond donors (Lipinski definition) is 1. The molecule has 1 saturated heterocycles. The van der Waals surface area contributed by atoms with E-state index in [2.05, 4.69) is 22.4 Å². The Hall–Kier alpha value is -0.830. The molecule has 1 aliphatic rings. The fourth-order valence-corrected chi connectivity index (χ4v) is 2.39. The van der Waals surface area contributed by atoms with E-state index in [1.165, 1.54) is 17.7 Å². The zero-order chi connectivity index (χ0) is 9.10. The van der Waals surface area contributed by atoms with E-state index >= 15 is 0 Å². The van der Waals surface area contributed by atoms with Crippen LogP contribution < -0.4 is 0 Å². The Morgan fingerprint density at radius 2 is 2.23 bits per heavy atom. The second-order valence-corrected chi connectivity index (χ2v) is 4.43. The van der Waals surface area contributed by atoms with Gasteiger partial charge in [0.2, 0.25) is 0 Å². The van der Waals surface area contributed by atoms with Crippen LogP contribution in [0.4, 0.5) is 0 Å². The van der Waals surface area contributed by atoms with Gasteiger partial charge in [-0.15, -0.1) is 11.3 Å². The number of rotatable bonds is 2. The van der Waals surface area contributed by atoms with Crippen LogP contribution >= 0.6 is 11.3 Å². The van der Waals surface area contributed by atoms with Gasteiger partial charge in [0.15, 0.2) is 0 Å². The molecule has 2 rings (SSSR count). The second kappa shape index (κ2) is 3.92. The minimum absolute atomic E-state index is 0.792.